The molecule has 0 unspecified atom stereocenters. The van der Waals surface area contributed by atoms with Crippen LogP contribution in [0.25, 0.3) is 0 Å². The van der Waals surface area contributed by atoms with Crippen molar-refractivity contribution in [3.63, 3.8) is 0 Å². The van der Waals surface area contributed by atoms with Gasteiger partial charge in [-0.15, -0.1) is 11.8 Å². The molecule has 0 spiro atoms. The Morgan fingerprint density at radius 3 is 1.74 bits per heavy atom. The minimum atomic E-state index is -0.717. The Bertz CT molecular complexity index is 363. The summed E-state index contributed by atoms with van der Waals surface area (Å²) < 4.78 is 4.38. The number of Topliss-reactive ketones (excluding diaryl/α,β-unsaturated/α-hetero) is 1. The molecular formula is C20H34O3. The van der Waals surface area contributed by atoms with E-state index < -0.39 is 11.8 Å². The first kappa shape index (κ1) is 21.7. The fourth-order valence-electron chi connectivity index (χ4n) is 2.42. The van der Waals surface area contributed by atoms with Crippen LogP contribution in [-0.2, 0) is 14.3 Å². The number of rotatable bonds is 14. The highest BCUT2D eigenvalue weighted by molar-refractivity contribution is 6.33. The molecule has 0 radical (unpaired) electrons. The molecule has 0 saturated heterocycles. The number of ether oxygens (including phenoxy) is 1. The lowest BCUT2D eigenvalue weighted by Crippen LogP contribution is -2.14. The van der Waals surface area contributed by atoms with Crippen LogP contribution in [0.4, 0.5) is 0 Å². The third-order valence-electron chi connectivity index (χ3n) is 3.90. The molecule has 3 nitrogen and oxygen atoms in total. The van der Waals surface area contributed by atoms with E-state index in [4.69, 9.17) is 0 Å². The Balaban J connectivity index is 3.26. The Morgan fingerprint density at radius 1 is 0.739 bits per heavy atom. The van der Waals surface area contributed by atoms with Crippen LogP contribution >= 0.6 is 0 Å². The second kappa shape index (κ2) is 17.1. The van der Waals surface area contributed by atoms with Crippen LogP contribution in [0, 0.1) is 11.8 Å². The summed E-state index contributed by atoms with van der Waals surface area (Å²) in [5, 5.41) is 0. The Hall–Kier alpha value is -1.30. The summed E-state index contributed by atoms with van der Waals surface area (Å²) in [5.74, 6) is 5.39. The minimum Gasteiger partial charge on any atom is -0.463 e. The highest BCUT2D eigenvalue weighted by Gasteiger charge is 2.12. The van der Waals surface area contributed by atoms with Gasteiger partial charge in [-0.1, -0.05) is 58.3 Å². The summed E-state index contributed by atoms with van der Waals surface area (Å²) in [5.41, 5.74) is 0. The molecule has 0 aromatic carbocycles. The van der Waals surface area contributed by atoms with E-state index in [-0.39, 0.29) is 0 Å². The van der Waals surface area contributed by atoms with Crippen molar-refractivity contribution in [3.05, 3.63) is 0 Å². The first-order valence-electron chi connectivity index (χ1n) is 9.29. The maximum absolute atomic E-state index is 11.2. The van der Waals surface area contributed by atoms with E-state index in [0.717, 1.165) is 44.9 Å². The van der Waals surface area contributed by atoms with Gasteiger partial charge < -0.3 is 4.74 Å². The van der Waals surface area contributed by atoms with Gasteiger partial charge in [0.25, 0.3) is 0 Å². The zero-order valence-corrected chi connectivity index (χ0v) is 15.1. The van der Waals surface area contributed by atoms with E-state index in [0.29, 0.717) is 6.42 Å². The SMILES string of the molecule is CCCCCCCCC#CCCCCCCCC(=O)C(=O)OC. The molecule has 0 rings (SSSR count). The number of carbonyl (C=O) groups excluding carboxylic acids is 2. The van der Waals surface area contributed by atoms with Gasteiger partial charge in [0.05, 0.1) is 7.11 Å². The normalized spacial score (nSPS) is 10.0. The lowest BCUT2D eigenvalue weighted by Gasteiger charge is -1.99. The van der Waals surface area contributed by atoms with E-state index >= 15 is 0 Å². The van der Waals surface area contributed by atoms with Gasteiger partial charge in [-0.25, -0.2) is 4.79 Å². The molecule has 132 valence electrons. The molecule has 3 heteroatoms. The topological polar surface area (TPSA) is 43.4 Å². The lowest BCUT2D eigenvalue weighted by atomic mass is 10.1. The largest absolute Gasteiger partial charge is 0.463 e. The second-order valence-corrected chi connectivity index (χ2v) is 6.05. The zero-order chi connectivity index (χ0) is 17.2. The van der Waals surface area contributed by atoms with Crippen molar-refractivity contribution < 1.29 is 14.3 Å². The molecule has 0 atom stereocenters. The number of hydrogen-bond acceptors (Lipinski definition) is 3. The van der Waals surface area contributed by atoms with Gasteiger partial charge in [0.2, 0.25) is 5.78 Å². The van der Waals surface area contributed by atoms with Crippen LogP contribution in [0.5, 0.6) is 0 Å². The maximum Gasteiger partial charge on any atom is 0.374 e. The fourth-order valence-corrected chi connectivity index (χ4v) is 2.42. The summed E-state index contributed by atoms with van der Waals surface area (Å²) in [6.45, 7) is 2.24. The Labute approximate surface area is 142 Å². The lowest BCUT2D eigenvalue weighted by molar-refractivity contribution is -0.151. The van der Waals surface area contributed by atoms with Gasteiger partial charge in [0.15, 0.2) is 0 Å². The smallest absolute Gasteiger partial charge is 0.374 e. The molecule has 0 fully saturated rings. The average Bonchev–Trinajstić information content (AvgIpc) is 2.57. The third kappa shape index (κ3) is 15.4. The highest BCUT2D eigenvalue weighted by atomic mass is 16.5. The van der Waals surface area contributed by atoms with E-state index in [2.05, 4.69) is 23.5 Å². The summed E-state index contributed by atoms with van der Waals surface area (Å²) in [4.78, 5) is 22.1. The highest BCUT2D eigenvalue weighted by Crippen LogP contribution is 2.08. The summed E-state index contributed by atoms with van der Waals surface area (Å²) >= 11 is 0. The molecule has 0 amide bonds. The first-order valence-corrected chi connectivity index (χ1v) is 9.29. The number of ketones is 1. The van der Waals surface area contributed by atoms with Gasteiger partial charge in [-0.05, 0) is 19.3 Å². The van der Waals surface area contributed by atoms with Gasteiger partial charge in [0.1, 0.15) is 0 Å². The van der Waals surface area contributed by atoms with E-state index in [1.54, 1.807) is 0 Å². The van der Waals surface area contributed by atoms with Crippen molar-refractivity contribution in [2.75, 3.05) is 7.11 Å². The monoisotopic (exact) mass is 322 g/mol. The average molecular weight is 322 g/mol. The van der Waals surface area contributed by atoms with E-state index in [1.807, 2.05) is 0 Å². The van der Waals surface area contributed by atoms with Crippen molar-refractivity contribution in [2.24, 2.45) is 0 Å². The van der Waals surface area contributed by atoms with Crippen LogP contribution in [0.2, 0.25) is 0 Å². The minimum absolute atomic E-state index is 0.310. The Kier molecular flexibility index (Phi) is 16.1. The predicted molar refractivity (Wildman–Crippen MR) is 95.1 cm³/mol. The van der Waals surface area contributed by atoms with Crippen molar-refractivity contribution in [1.82, 2.24) is 0 Å². The first-order chi connectivity index (χ1) is 11.2. The molecule has 0 aromatic rings. The van der Waals surface area contributed by atoms with Gasteiger partial charge in [-0.3, -0.25) is 4.79 Å². The fraction of sp³-hybridized carbons (Fsp3) is 0.800. The zero-order valence-electron chi connectivity index (χ0n) is 15.1. The molecular weight excluding hydrogens is 288 g/mol. The third-order valence-corrected chi connectivity index (χ3v) is 3.90. The van der Waals surface area contributed by atoms with Crippen LogP contribution in [0.15, 0.2) is 0 Å². The van der Waals surface area contributed by atoms with Crippen LogP contribution in [0.1, 0.15) is 96.8 Å². The molecule has 0 aliphatic heterocycles. The van der Waals surface area contributed by atoms with E-state index in [1.165, 1.54) is 45.6 Å². The number of carbonyl (C=O) groups is 2. The van der Waals surface area contributed by atoms with Crippen molar-refractivity contribution in [2.45, 2.75) is 96.8 Å². The molecule has 0 bridgehead atoms. The second-order valence-electron chi connectivity index (χ2n) is 6.05. The number of esters is 1. The summed E-state index contributed by atoms with van der Waals surface area (Å²) in [6, 6.07) is 0. The number of methoxy groups -OCH3 is 1. The standard InChI is InChI=1S/C20H34O3/c1-3-4-5-6-7-8-9-10-11-12-13-14-15-16-17-18-19(21)20(22)23-2/h3-9,12-18H2,1-2H3. The Morgan fingerprint density at radius 2 is 1.22 bits per heavy atom. The maximum atomic E-state index is 11.2. The molecule has 0 aromatic heterocycles. The molecule has 0 heterocycles. The number of hydrogen-bond donors (Lipinski definition) is 0. The van der Waals surface area contributed by atoms with Crippen molar-refractivity contribution in [3.8, 4) is 11.8 Å². The molecule has 0 N–H and O–H groups in total. The van der Waals surface area contributed by atoms with Gasteiger partial charge in [0, 0.05) is 19.3 Å². The summed E-state index contributed by atoms with van der Waals surface area (Å²) in [6.07, 6.45) is 15.5. The van der Waals surface area contributed by atoms with Crippen LogP contribution in [-0.4, -0.2) is 18.9 Å². The molecule has 23 heavy (non-hydrogen) atoms. The van der Waals surface area contributed by atoms with Crippen LogP contribution < -0.4 is 0 Å². The van der Waals surface area contributed by atoms with Gasteiger partial charge >= 0.3 is 5.97 Å². The molecule has 0 aliphatic carbocycles. The molecule has 0 aliphatic rings. The molecule has 0 saturated carbocycles. The quantitative estimate of drug-likeness (QED) is 0.191. The van der Waals surface area contributed by atoms with Crippen molar-refractivity contribution in [1.29, 1.82) is 0 Å². The van der Waals surface area contributed by atoms with E-state index in [9.17, 15) is 9.59 Å². The van der Waals surface area contributed by atoms with Crippen molar-refractivity contribution >= 4 is 11.8 Å². The number of unbranched alkanes of at least 4 members (excludes halogenated alkanes) is 11. The summed E-state index contributed by atoms with van der Waals surface area (Å²) in [7, 11) is 1.24. The van der Waals surface area contributed by atoms with Crippen LogP contribution in [0.3, 0.4) is 0 Å². The predicted octanol–water partition coefficient (Wildman–Crippen LogP) is 5.21. The van der Waals surface area contributed by atoms with Gasteiger partial charge in [-0.2, -0.15) is 0 Å².